The number of rotatable bonds is 6. The zero-order valence-corrected chi connectivity index (χ0v) is 15.0. The highest BCUT2D eigenvalue weighted by Crippen LogP contribution is 2.19. The van der Waals surface area contributed by atoms with E-state index in [4.69, 9.17) is 9.47 Å². The summed E-state index contributed by atoms with van der Waals surface area (Å²) >= 11 is 0. The molecule has 2 aromatic carbocycles. The SMILES string of the molecule is Cc1cc(C)cc(OCC(=O)OCC(=O)Nc2c(C)cccc2C)c1. The van der Waals surface area contributed by atoms with E-state index in [9.17, 15) is 9.59 Å². The first-order valence-electron chi connectivity index (χ1n) is 8.08. The highest BCUT2D eigenvalue weighted by Gasteiger charge is 2.11. The summed E-state index contributed by atoms with van der Waals surface area (Å²) in [5.41, 5.74) is 4.76. The van der Waals surface area contributed by atoms with Crippen LogP contribution >= 0.6 is 0 Å². The topological polar surface area (TPSA) is 64.6 Å². The van der Waals surface area contributed by atoms with Crippen LogP contribution < -0.4 is 10.1 Å². The largest absolute Gasteiger partial charge is 0.482 e. The van der Waals surface area contributed by atoms with Gasteiger partial charge < -0.3 is 14.8 Å². The molecule has 0 aliphatic carbocycles. The number of aryl methyl sites for hydroxylation is 4. The van der Waals surface area contributed by atoms with Gasteiger partial charge in [0, 0.05) is 5.69 Å². The Labute approximate surface area is 148 Å². The summed E-state index contributed by atoms with van der Waals surface area (Å²) in [6.45, 7) is 7.15. The molecule has 0 spiro atoms. The average molecular weight is 341 g/mol. The maximum atomic E-state index is 12.0. The number of amides is 1. The minimum Gasteiger partial charge on any atom is -0.482 e. The molecule has 132 valence electrons. The average Bonchev–Trinajstić information content (AvgIpc) is 2.53. The van der Waals surface area contributed by atoms with Gasteiger partial charge in [0.05, 0.1) is 0 Å². The molecule has 0 saturated heterocycles. The summed E-state index contributed by atoms with van der Waals surface area (Å²) in [4.78, 5) is 23.7. The lowest BCUT2D eigenvalue weighted by molar-refractivity contribution is -0.149. The van der Waals surface area contributed by atoms with Crippen molar-refractivity contribution >= 4 is 17.6 Å². The van der Waals surface area contributed by atoms with Crippen molar-refractivity contribution in [2.75, 3.05) is 18.5 Å². The van der Waals surface area contributed by atoms with Crippen molar-refractivity contribution in [2.45, 2.75) is 27.7 Å². The van der Waals surface area contributed by atoms with E-state index in [0.29, 0.717) is 5.75 Å². The first kappa shape index (κ1) is 18.5. The van der Waals surface area contributed by atoms with Crippen molar-refractivity contribution in [1.82, 2.24) is 0 Å². The van der Waals surface area contributed by atoms with E-state index in [1.165, 1.54) is 0 Å². The van der Waals surface area contributed by atoms with E-state index in [0.717, 1.165) is 27.9 Å². The van der Waals surface area contributed by atoms with Gasteiger partial charge in [-0.1, -0.05) is 24.3 Å². The smallest absolute Gasteiger partial charge is 0.344 e. The van der Waals surface area contributed by atoms with Gasteiger partial charge in [-0.3, -0.25) is 4.79 Å². The van der Waals surface area contributed by atoms with Crippen LogP contribution in [0, 0.1) is 27.7 Å². The van der Waals surface area contributed by atoms with Gasteiger partial charge in [-0.2, -0.15) is 0 Å². The molecule has 5 heteroatoms. The third-order valence-electron chi connectivity index (χ3n) is 3.66. The third kappa shape index (κ3) is 5.64. The molecule has 5 nitrogen and oxygen atoms in total. The number of ether oxygens (including phenoxy) is 2. The summed E-state index contributed by atoms with van der Waals surface area (Å²) < 4.78 is 10.4. The number of carbonyl (C=O) groups excluding carboxylic acids is 2. The molecule has 0 fully saturated rings. The van der Waals surface area contributed by atoms with Gasteiger partial charge in [-0.05, 0) is 62.1 Å². The molecule has 2 aromatic rings. The predicted octanol–water partition coefficient (Wildman–Crippen LogP) is 3.48. The zero-order chi connectivity index (χ0) is 18.4. The first-order chi connectivity index (χ1) is 11.8. The van der Waals surface area contributed by atoms with E-state index in [2.05, 4.69) is 5.32 Å². The van der Waals surface area contributed by atoms with Gasteiger partial charge in [-0.15, -0.1) is 0 Å². The molecule has 0 aliphatic rings. The molecule has 0 aliphatic heterocycles. The van der Waals surface area contributed by atoms with Crippen LogP contribution in [0.15, 0.2) is 36.4 Å². The molecule has 0 bridgehead atoms. The molecule has 0 atom stereocenters. The molecule has 25 heavy (non-hydrogen) atoms. The van der Waals surface area contributed by atoms with Crippen molar-refractivity contribution in [3.8, 4) is 5.75 Å². The van der Waals surface area contributed by atoms with Crippen LogP contribution in [0.5, 0.6) is 5.75 Å². The molecule has 1 amide bonds. The molecular weight excluding hydrogens is 318 g/mol. The summed E-state index contributed by atoms with van der Waals surface area (Å²) in [6.07, 6.45) is 0. The van der Waals surface area contributed by atoms with Crippen LogP contribution in [0.3, 0.4) is 0 Å². The maximum Gasteiger partial charge on any atom is 0.344 e. The quantitative estimate of drug-likeness (QED) is 0.817. The Hall–Kier alpha value is -2.82. The van der Waals surface area contributed by atoms with Crippen LogP contribution in [-0.2, 0) is 14.3 Å². The molecule has 0 aromatic heterocycles. The van der Waals surface area contributed by atoms with Crippen LogP contribution in [0.25, 0.3) is 0 Å². The van der Waals surface area contributed by atoms with Crippen LogP contribution in [0.4, 0.5) is 5.69 Å². The van der Waals surface area contributed by atoms with Gasteiger partial charge in [0.1, 0.15) is 5.75 Å². The van der Waals surface area contributed by atoms with Crippen LogP contribution in [0.2, 0.25) is 0 Å². The predicted molar refractivity (Wildman–Crippen MR) is 96.9 cm³/mol. The highest BCUT2D eigenvalue weighted by molar-refractivity contribution is 5.94. The normalized spacial score (nSPS) is 10.2. The van der Waals surface area contributed by atoms with Crippen molar-refractivity contribution in [3.05, 3.63) is 58.7 Å². The third-order valence-corrected chi connectivity index (χ3v) is 3.66. The van der Waals surface area contributed by atoms with Gasteiger partial charge in [0.25, 0.3) is 5.91 Å². The number of carbonyl (C=O) groups is 2. The van der Waals surface area contributed by atoms with E-state index in [-0.39, 0.29) is 19.1 Å². The van der Waals surface area contributed by atoms with Crippen LogP contribution in [0.1, 0.15) is 22.3 Å². The second kappa shape index (κ2) is 8.33. The zero-order valence-electron chi connectivity index (χ0n) is 15.0. The molecule has 0 radical (unpaired) electrons. The molecule has 0 heterocycles. The number of nitrogens with one attached hydrogen (secondary N) is 1. The summed E-state index contributed by atoms with van der Waals surface area (Å²) in [6, 6.07) is 11.4. The monoisotopic (exact) mass is 341 g/mol. The second-order valence-corrected chi connectivity index (χ2v) is 6.09. The van der Waals surface area contributed by atoms with E-state index >= 15 is 0 Å². The lowest BCUT2D eigenvalue weighted by Crippen LogP contribution is -2.24. The Bertz CT molecular complexity index is 743. The Morgan fingerprint density at radius 3 is 2.12 bits per heavy atom. The lowest BCUT2D eigenvalue weighted by atomic mass is 10.1. The number of hydrogen-bond donors (Lipinski definition) is 1. The summed E-state index contributed by atoms with van der Waals surface area (Å²) in [5, 5.41) is 2.77. The Morgan fingerprint density at radius 2 is 1.52 bits per heavy atom. The Balaban J connectivity index is 1.80. The first-order valence-corrected chi connectivity index (χ1v) is 8.08. The summed E-state index contributed by atoms with van der Waals surface area (Å²) in [7, 11) is 0. The number of anilines is 1. The van der Waals surface area contributed by atoms with Crippen molar-refractivity contribution < 1.29 is 19.1 Å². The van der Waals surface area contributed by atoms with Crippen molar-refractivity contribution in [1.29, 1.82) is 0 Å². The Morgan fingerprint density at radius 1 is 0.920 bits per heavy atom. The van der Waals surface area contributed by atoms with Crippen LogP contribution in [-0.4, -0.2) is 25.1 Å². The van der Waals surface area contributed by atoms with Gasteiger partial charge in [0.15, 0.2) is 13.2 Å². The van der Waals surface area contributed by atoms with E-state index < -0.39 is 5.97 Å². The van der Waals surface area contributed by atoms with E-state index in [1.54, 1.807) is 0 Å². The molecule has 0 saturated carbocycles. The number of para-hydroxylation sites is 1. The fourth-order valence-electron chi connectivity index (χ4n) is 2.53. The van der Waals surface area contributed by atoms with Gasteiger partial charge in [-0.25, -0.2) is 4.79 Å². The summed E-state index contributed by atoms with van der Waals surface area (Å²) in [5.74, 6) is -0.359. The molecule has 0 unspecified atom stereocenters. The fourth-order valence-corrected chi connectivity index (χ4v) is 2.53. The second-order valence-electron chi connectivity index (χ2n) is 6.09. The van der Waals surface area contributed by atoms with E-state index in [1.807, 2.05) is 64.1 Å². The number of benzene rings is 2. The number of hydrogen-bond acceptors (Lipinski definition) is 4. The number of esters is 1. The van der Waals surface area contributed by atoms with Gasteiger partial charge >= 0.3 is 5.97 Å². The van der Waals surface area contributed by atoms with Crippen molar-refractivity contribution in [3.63, 3.8) is 0 Å². The standard InChI is InChI=1S/C20H23NO4/c1-13-8-14(2)10-17(9-13)24-12-19(23)25-11-18(22)21-20-15(3)6-5-7-16(20)4/h5-10H,11-12H2,1-4H3,(H,21,22). The van der Waals surface area contributed by atoms with Crippen molar-refractivity contribution in [2.24, 2.45) is 0 Å². The minimum atomic E-state index is -0.587. The van der Waals surface area contributed by atoms with Gasteiger partial charge in [0.2, 0.25) is 0 Å². The molecule has 2 rings (SSSR count). The maximum absolute atomic E-state index is 12.0. The lowest BCUT2D eigenvalue weighted by Gasteiger charge is -2.12. The molecular formula is C20H23NO4. The highest BCUT2D eigenvalue weighted by atomic mass is 16.6. The molecule has 1 N–H and O–H groups in total. The minimum absolute atomic E-state index is 0.237. The Kier molecular flexibility index (Phi) is 6.17. The fraction of sp³-hybridized carbons (Fsp3) is 0.300.